The van der Waals surface area contributed by atoms with Gasteiger partial charge in [-0.15, -0.1) is 0 Å². The van der Waals surface area contributed by atoms with Crippen molar-refractivity contribution in [2.24, 2.45) is 0 Å². The van der Waals surface area contributed by atoms with Gasteiger partial charge in [0, 0.05) is 14.0 Å². The van der Waals surface area contributed by atoms with E-state index >= 15 is 0 Å². The zero-order valence-corrected chi connectivity index (χ0v) is 13.3. The van der Waals surface area contributed by atoms with Crippen molar-refractivity contribution in [1.29, 1.82) is 0 Å². The van der Waals surface area contributed by atoms with Crippen LogP contribution in [0.3, 0.4) is 0 Å². The highest BCUT2D eigenvalue weighted by Gasteiger charge is 2.26. The number of hydrogen-bond donors (Lipinski definition) is 0. The van der Waals surface area contributed by atoms with E-state index in [1.807, 2.05) is 21.0 Å². The Morgan fingerprint density at radius 1 is 1.00 bits per heavy atom. The molecule has 0 aromatic heterocycles. The Labute approximate surface area is 103 Å². The van der Waals surface area contributed by atoms with Crippen LogP contribution in [0.25, 0.3) is 0 Å². The summed E-state index contributed by atoms with van der Waals surface area (Å²) in [6.07, 6.45) is 0. The van der Waals surface area contributed by atoms with E-state index in [1.54, 1.807) is 0 Å². The van der Waals surface area contributed by atoms with E-state index < -0.39 is 8.32 Å². The monoisotopic (exact) mass is 250 g/mol. The van der Waals surface area contributed by atoms with Gasteiger partial charge < -0.3 is 9.16 Å². The third-order valence-corrected chi connectivity index (χ3v) is 7.39. The molecule has 0 aliphatic heterocycles. The van der Waals surface area contributed by atoms with Gasteiger partial charge in [0.2, 0.25) is 0 Å². The van der Waals surface area contributed by atoms with Gasteiger partial charge in [-0.3, -0.25) is 4.79 Å². The maximum Gasteiger partial charge on any atom is 0.302 e. The van der Waals surface area contributed by atoms with Crippen LogP contribution in [0.4, 0.5) is 0 Å². The third-order valence-electron chi connectivity index (χ3n) is 2.65. The molecule has 0 rings (SSSR count). The van der Waals surface area contributed by atoms with Gasteiger partial charge in [-0.1, -0.05) is 34.6 Å². The first-order valence-electron chi connectivity index (χ1n) is 6.11. The number of rotatable bonds is 4. The van der Waals surface area contributed by atoms with Crippen LogP contribution in [-0.4, -0.2) is 28.5 Å². The van der Waals surface area contributed by atoms with Gasteiger partial charge in [-0.05, 0) is 18.1 Å². The fraction of sp³-hybridized carbons (Fsp3) is 0.917. The van der Waals surface area contributed by atoms with Gasteiger partial charge in [0.1, 0.15) is 0 Å². The zero-order valence-electron chi connectivity index (χ0n) is 12.3. The zero-order chi connectivity index (χ0) is 13.6. The lowest BCUT2D eigenvalue weighted by atomic mass is 10.8. The quantitative estimate of drug-likeness (QED) is 0.561. The van der Waals surface area contributed by atoms with Gasteiger partial charge in [0.05, 0.1) is 7.11 Å². The van der Waals surface area contributed by atoms with E-state index in [4.69, 9.17) is 4.43 Å². The highest BCUT2D eigenvalue weighted by atomic mass is 28.4. The minimum absolute atomic E-state index is 0.245. The van der Waals surface area contributed by atoms with Gasteiger partial charge >= 0.3 is 5.97 Å². The van der Waals surface area contributed by atoms with Crippen LogP contribution in [0.2, 0.25) is 18.1 Å². The Balaban J connectivity index is -0.000000205. The van der Waals surface area contributed by atoms with Crippen molar-refractivity contribution in [3.8, 4) is 0 Å². The smallest absolute Gasteiger partial charge is 0.302 e. The van der Waals surface area contributed by atoms with E-state index in [9.17, 15) is 4.79 Å². The Morgan fingerprint density at radius 2 is 1.25 bits per heavy atom. The molecule has 0 atom stereocenters. The number of esters is 1. The molecule has 0 saturated heterocycles. The van der Waals surface area contributed by atoms with E-state index in [0.717, 1.165) is 0 Å². The van der Waals surface area contributed by atoms with Crippen molar-refractivity contribution in [3.63, 3.8) is 0 Å². The van der Waals surface area contributed by atoms with Crippen LogP contribution in [0.1, 0.15) is 41.5 Å². The average Bonchev–Trinajstić information content (AvgIpc) is 2.36. The normalized spacial score (nSPS) is 9.25. The molecule has 0 amide bonds. The molecule has 3 nitrogen and oxygen atoms in total. The summed E-state index contributed by atoms with van der Waals surface area (Å²) in [5.41, 5.74) is 0. The predicted octanol–water partition coefficient (Wildman–Crippen LogP) is 3.84. The molecule has 0 unspecified atom stereocenters. The van der Waals surface area contributed by atoms with Crippen LogP contribution in [0.5, 0.6) is 0 Å². The minimum atomic E-state index is -1.19. The molecule has 0 aliphatic carbocycles. The lowest BCUT2D eigenvalue weighted by molar-refractivity contribution is -0.137. The average molecular weight is 250 g/mol. The van der Waals surface area contributed by atoms with Crippen molar-refractivity contribution < 1.29 is 14.0 Å². The lowest BCUT2D eigenvalue weighted by Gasteiger charge is -2.24. The van der Waals surface area contributed by atoms with Crippen molar-refractivity contribution in [3.05, 3.63) is 0 Å². The summed E-state index contributed by atoms with van der Waals surface area (Å²) in [5.74, 6) is -0.245. The second-order valence-electron chi connectivity index (χ2n) is 3.14. The number of methoxy groups -OCH3 is 1. The number of carbonyl (C=O) groups excluding carboxylic acids is 1. The summed E-state index contributed by atoms with van der Waals surface area (Å²) in [4.78, 5) is 9.59. The summed E-state index contributed by atoms with van der Waals surface area (Å²) in [7, 11) is 2.02. The Kier molecular flexibility index (Phi) is 19.2. The first-order chi connectivity index (χ1) is 7.51. The minimum Gasteiger partial charge on any atom is -0.469 e. The van der Waals surface area contributed by atoms with Crippen LogP contribution in [-0.2, 0) is 14.0 Å². The second-order valence-corrected chi connectivity index (χ2v) is 8.04. The molecular formula is C12H30O3Si. The number of ether oxygens (including phenoxy) is 1. The van der Waals surface area contributed by atoms with Gasteiger partial charge in [-0.25, -0.2) is 0 Å². The summed E-state index contributed by atoms with van der Waals surface area (Å²) < 4.78 is 9.64. The van der Waals surface area contributed by atoms with Crippen molar-refractivity contribution in [2.45, 2.75) is 59.7 Å². The molecule has 0 bridgehead atoms. The van der Waals surface area contributed by atoms with E-state index in [1.165, 1.54) is 32.2 Å². The summed E-state index contributed by atoms with van der Waals surface area (Å²) in [6.45, 7) is 12.1. The van der Waals surface area contributed by atoms with Crippen molar-refractivity contribution in [1.82, 2.24) is 0 Å². The van der Waals surface area contributed by atoms with E-state index in [0.29, 0.717) is 0 Å². The van der Waals surface area contributed by atoms with Crippen molar-refractivity contribution >= 4 is 14.3 Å². The van der Waals surface area contributed by atoms with Gasteiger partial charge in [-0.2, -0.15) is 0 Å². The first kappa shape index (κ1) is 21.0. The molecule has 0 saturated carbocycles. The summed E-state index contributed by atoms with van der Waals surface area (Å²) in [5, 5.41) is 0. The van der Waals surface area contributed by atoms with Crippen LogP contribution in [0.15, 0.2) is 0 Å². The third kappa shape index (κ3) is 11.7. The standard InChI is InChI=1S/C7H18OSi.C3H6O2.C2H6/c1-5-9(6-2,7-3)8-4;1-3(4)5-2;1-2/h5-7H2,1-4H3;1-2H3;1-2H3. The Bertz CT molecular complexity index is 128. The summed E-state index contributed by atoms with van der Waals surface area (Å²) >= 11 is 0. The van der Waals surface area contributed by atoms with E-state index in [-0.39, 0.29) is 5.97 Å². The predicted molar refractivity (Wildman–Crippen MR) is 73.2 cm³/mol. The van der Waals surface area contributed by atoms with Crippen molar-refractivity contribution in [2.75, 3.05) is 14.2 Å². The topological polar surface area (TPSA) is 35.5 Å². The Hall–Kier alpha value is -0.353. The summed E-state index contributed by atoms with van der Waals surface area (Å²) in [6, 6.07) is 3.78. The maximum absolute atomic E-state index is 9.59. The Morgan fingerprint density at radius 3 is 1.25 bits per heavy atom. The van der Waals surface area contributed by atoms with Crippen LogP contribution >= 0.6 is 0 Å². The molecule has 0 aromatic rings. The lowest BCUT2D eigenvalue weighted by Crippen LogP contribution is -2.33. The van der Waals surface area contributed by atoms with Crippen LogP contribution < -0.4 is 0 Å². The molecule has 0 aromatic carbocycles. The van der Waals surface area contributed by atoms with Gasteiger partial charge in [0.25, 0.3) is 0 Å². The molecule has 0 radical (unpaired) electrons. The molecule has 4 heteroatoms. The van der Waals surface area contributed by atoms with E-state index in [2.05, 4.69) is 25.5 Å². The molecule has 0 spiro atoms. The van der Waals surface area contributed by atoms with Crippen LogP contribution in [0, 0.1) is 0 Å². The number of hydrogen-bond acceptors (Lipinski definition) is 3. The molecule has 0 fully saturated rings. The highest BCUT2D eigenvalue weighted by Crippen LogP contribution is 2.19. The van der Waals surface area contributed by atoms with Gasteiger partial charge in [0.15, 0.2) is 8.32 Å². The molecule has 0 heterocycles. The maximum atomic E-state index is 9.59. The molecule has 0 aliphatic rings. The first-order valence-corrected chi connectivity index (χ1v) is 8.64. The number of carbonyl (C=O) groups is 1. The highest BCUT2D eigenvalue weighted by molar-refractivity contribution is 6.73. The fourth-order valence-corrected chi connectivity index (χ4v) is 3.55. The molecule has 100 valence electrons. The molecular weight excluding hydrogens is 220 g/mol. The fourth-order valence-electron chi connectivity index (χ4n) is 1.18. The second kappa shape index (κ2) is 14.6. The molecule has 16 heavy (non-hydrogen) atoms. The largest absolute Gasteiger partial charge is 0.469 e. The SMILES string of the molecule is CC.CC[Si](CC)(CC)OC.COC(C)=O. The molecule has 0 N–H and O–H groups in total.